The zero-order valence-electron chi connectivity index (χ0n) is 6.20. The Bertz CT molecular complexity index is 269. The first kappa shape index (κ1) is 9.02. The molecule has 0 saturated carbocycles. The first-order chi connectivity index (χ1) is 5.75. The largest absolute Gasteiger partial charge is 0.474 e. The maximum Gasteiger partial charge on any atom is 0.241 e. The molecule has 0 atom stereocenters. The van der Waals surface area contributed by atoms with Crippen LogP contribution in [0.15, 0.2) is 6.33 Å². The van der Waals surface area contributed by atoms with E-state index in [1.165, 1.54) is 6.33 Å². The average Bonchev–Trinajstić information content (AvgIpc) is 2.08. The summed E-state index contributed by atoms with van der Waals surface area (Å²) in [5.41, 5.74) is 5.65. The summed E-state index contributed by atoms with van der Waals surface area (Å²) in [6, 6.07) is 0. The molecule has 0 saturated heterocycles. The van der Waals surface area contributed by atoms with E-state index < -0.39 is 0 Å². The quantitative estimate of drug-likeness (QED) is 0.659. The molecule has 1 aromatic heterocycles. The number of aromatic nitrogens is 2. The lowest BCUT2D eigenvalue weighted by atomic mass is 10.5. The molecule has 0 aliphatic rings. The van der Waals surface area contributed by atoms with E-state index >= 15 is 0 Å². The zero-order chi connectivity index (χ0) is 8.97. The van der Waals surface area contributed by atoms with Gasteiger partial charge < -0.3 is 15.6 Å². The third kappa shape index (κ3) is 1.96. The number of anilines is 1. The van der Waals surface area contributed by atoms with Gasteiger partial charge in [-0.15, -0.1) is 0 Å². The Balaban J connectivity index is 2.78. The van der Waals surface area contributed by atoms with Crippen LogP contribution in [0, 0.1) is 0 Å². The standard InChI is InChI=1S/C6H8ClN3O2/c7-5-4(8)6(10-3-9-5)12-2-1-11/h3,11H,1-2,8H2. The first-order valence-corrected chi connectivity index (χ1v) is 3.63. The number of aliphatic hydroxyl groups excluding tert-OH is 1. The second kappa shape index (κ2) is 4.08. The molecule has 0 aliphatic heterocycles. The van der Waals surface area contributed by atoms with Gasteiger partial charge in [-0.25, -0.2) is 4.98 Å². The van der Waals surface area contributed by atoms with Crippen molar-refractivity contribution in [2.45, 2.75) is 0 Å². The van der Waals surface area contributed by atoms with Crippen LogP contribution in [-0.2, 0) is 0 Å². The molecule has 3 N–H and O–H groups in total. The minimum absolute atomic E-state index is 0.0962. The molecular formula is C6H8ClN3O2. The highest BCUT2D eigenvalue weighted by molar-refractivity contribution is 6.32. The van der Waals surface area contributed by atoms with E-state index in [4.69, 9.17) is 27.2 Å². The van der Waals surface area contributed by atoms with Gasteiger partial charge in [0.05, 0.1) is 6.61 Å². The Hall–Kier alpha value is -1.07. The zero-order valence-corrected chi connectivity index (χ0v) is 6.95. The van der Waals surface area contributed by atoms with Gasteiger partial charge in [0.2, 0.25) is 5.88 Å². The predicted octanol–water partition coefficient (Wildman–Crippen LogP) is 0.0833. The smallest absolute Gasteiger partial charge is 0.241 e. The molecule has 1 rings (SSSR count). The Morgan fingerprint density at radius 3 is 3.00 bits per heavy atom. The fourth-order valence-corrected chi connectivity index (χ4v) is 0.741. The van der Waals surface area contributed by atoms with E-state index in [0.717, 1.165) is 0 Å². The molecule has 0 amide bonds. The lowest BCUT2D eigenvalue weighted by Crippen LogP contribution is -2.06. The fraction of sp³-hybridized carbons (Fsp3) is 0.333. The Labute approximate surface area is 74.2 Å². The summed E-state index contributed by atoms with van der Waals surface area (Å²) < 4.78 is 4.96. The van der Waals surface area contributed by atoms with Crippen molar-refractivity contribution < 1.29 is 9.84 Å². The van der Waals surface area contributed by atoms with Gasteiger partial charge in [0.25, 0.3) is 0 Å². The molecule has 12 heavy (non-hydrogen) atoms. The highest BCUT2D eigenvalue weighted by atomic mass is 35.5. The first-order valence-electron chi connectivity index (χ1n) is 3.25. The molecule has 1 heterocycles. The van der Waals surface area contributed by atoms with Crippen LogP contribution in [0.3, 0.4) is 0 Å². The molecule has 0 radical (unpaired) electrons. The van der Waals surface area contributed by atoms with Crippen molar-refractivity contribution in [3.63, 3.8) is 0 Å². The summed E-state index contributed by atoms with van der Waals surface area (Å²) >= 11 is 5.57. The highest BCUT2D eigenvalue weighted by Crippen LogP contribution is 2.23. The topological polar surface area (TPSA) is 81.3 Å². The third-order valence-corrected chi connectivity index (χ3v) is 1.43. The Morgan fingerprint density at radius 1 is 1.58 bits per heavy atom. The molecular weight excluding hydrogens is 182 g/mol. The van der Waals surface area contributed by atoms with Crippen molar-refractivity contribution in [2.75, 3.05) is 18.9 Å². The molecule has 0 fully saturated rings. The second-order valence-electron chi connectivity index (χ2n) is 1.96. The van der Waals surface area contributed by atoms with Crippen LogP contribution in [0.1, 0.15) is 0 Å². The lowest BCUT2D eigenvalue weighted by Gasteiger charge is -2.05. The van der Waals surface area contributed by atoms with Gasteiger partial charge in [0.15, 0.2) is 5.15 Å². The summed E-state index contributed by atoms with van der Waals surface area (Å²) in [6.45, 7) is 0.0403. The van der Waals surface area contributed by atoms with Gasteiger partial charge in [0, 0.05) is 0 Å². The number of hydrogen-bond acceptors (Lipinski definition) is 5. The van der Waals surface area contributed by atoms with Gasteiger partial charge in [0.1, 0.15) is 18.6 Å². The summed E-state index contributed by atoms with van der Waals surface area (Å²) in [5, 5.41) is 8.60. The minimum atomic E-state index is -0.0962. The Kier molecular flexibility index (Phi) is 3.07. The molecule has 0 aliphatic carbocycles. The van der Waals surface area contributed by atoms with E-state index in [9.17, 15) is 0 Å². The molecule has 1 aromatic rings. The molecule has 0 bridgehead atoms. The van der Waals surface area contributed by atoms with Gasteiger partial charge in [-0.05, 0) is 0 Å². The summed E-state index contributed by atoms with van der Waals surface area (Å²) in [7, 11) is 0. The van der Waals surface area contributed by atoms with Crippen molar-refractivity contribution >= 4 is 17.3 Å². The average molecular weight is 190 g/mol. The SMILES string of the molecule is Nc1c(Cl)ncnc1OCCO. The molecule has 6 heteroatoms. The van der Waals surface area contributed by atoms with E-state index in [1.54, 1.807) is 0 Å². The van der Waals surface area contributed by atoms with E-state index in [2.05, 4.69) is 9.97 Å². The van der Waals surface area contributed by atoms with Crippen LogP contribution in [-0.4, -0.2) is 28.3 Å². The van der Waals surface area contributed by atoms with Gasteiger partial charge >= 0.3 is 0 Å². The number of hydrogen-bond donors (Lipinski definition) is 2. The number of rotatable bonds is 3. The third-order valence-electron chi connectivity index (χ3n) is 1.13. The number of nitrogen functional groups attached to an aromatic ring is 1. The molecule has 66 valence electrons. The second-order valence-corrected chi connectivity index (χ2v) is 2.31. The minimum Gasteiger partial charge on any atom is -0.474 e. The Morgan fingerprint density at radius 2 is 2.33 bits per heavy atom. The molecule has 0 aromatic carbocycles. The van der Waals surface area contributed by atoms with Crippen LogP contribution in [0.25, 0.3) is 0 Å². The highest BCUT2D eigenvalue weighted by Gasteiger charge is 2.05. The maximum atomic E-state index is 8.45. The van der Waals surface area contributed by atoms with Crippen molar-refractivity contribution in [1.82, 2.24) is 9.97 Å². The number of halogens is 1. The van der Waals surface area contributed by atoms with Crippen LogP contribution in [0.2, 0.25) is 5.15 Å². The molecule has 0 spiro atoms. The van der Waals surface area contributed by atoms with Gasteiger partial charge in [-0.1, -0.05) is 11.6 Å². The summed E-state index contributed by atoms with van der Waals surface area (Å²) in [5.74, 6) is 0.198. The number of nitrogens with two attached hydrogens (primary N) is 1. The van der Waals surface area contributed by atoms with Crippen LogP contribution < -0.4 is 10.5 Å². The lowest BCUT2D eigenvalue weighted by molar-refractivity contribution is 0.197. The van der Waals surface area contributed by atoms with E-state index in [0.29, 0.717) is 0 Å². The summed E-state index contributed by atoms with van der Waals surface area (Å²) in [4.78, 5) is 7.36. The van der Waals surface area contributed by atoms with E-state index in [1.807, 2.05) is 0 Å². The monoisotopic (exact) mass is 189 g/mol. The van der Waals surface area contributed by atoms with Crippen molar-refractivity contribution in [3.05, 3.63) is 11.5 Å². The normalized spacial score (nSPS) is 9.83. The van der Waals surface area contributed by atoms with Crippen molar-refractivity contribution in [1.29, 1.82) is 0 Å². The van der Waals surface area contributed by atoms with Crippen molar-refractivity contribution in [3.8, 4) is 5.88 Å². The van der Waals surface area contributed by atoms with Crippen molar-refractivity contribution in [2.24, 2.45) is 0 Å². The fourth-order valence-electron chi connectivity index (χ4n) is 0.617. The number of ether oxygens (including phenoxy) is 1. The number of nitrogens with zero attached hydrogens (tertiary/aromatic N) is 2. The number of aliphatic hydroxyl groups is 1. The van der Waals surface area contributed by atoms with E-state index in [-0.39, 0.29) is 29.9 Å². The maximum absolute atomic E-state index is 8.45. The van der Waals surface area contributed by atoms with Gasteiger partial charge in [-0.3, -0.25) is 0 Å². The van der Waals surface area contributed by atoms with Gasteiger partial charge in [-0.2, -0.15) is 4.98 Å². The molecule has 0 unspecified atom stereocenters. The summed E-state index contributed by atoms with van der Waals surface area (Å²) in [6.07, 6.45) is 1.24. The van der Waals surface area contributed by atoms with Crippen LogP contribution in [0.4, 0.5) is 5.69 Å². The van der Waals surface area contributed by atoms with Crippen LogP contribution in [0.5, 0.6) is 5.88 Å². The predicted molar refractivity (Wildman–Crippen MR) is 44.0 cm³/mol. The molecule has 5 nitrogen and oxygen atoms in total. The van der Waals surface area contributed by atoms with Crippen LogP contribution >= 0.6 is 11.6 Å².